The van der Waals surface area contributed by atoms with Crippen LogP contribution in [0, 0.1) is 13.8 Å². The largest absolute Gasteiger partial charge is 0.406 e. The van der Waals surface area contributed by atoms with Gasteiger partial charge in [-0.3, -0.25) is 4.79 Å². The lowest BCUT2D eigenvalue weighted by Crippen LogP contribution is -2.19. The average molecular weight is 408 g/mol. The van der Waals surface area contributed by atoms with Crippen LogP contribution in [0.5, 0.6) is 0 Å². The number of carbonyl (C=O) groups is 1. The van der Waals surface area contributed by atoms with E-state index in [0.717, 1.165) is 10.1 Å². The Kier molecular flexibility index (Phi) is 5.64. The normalized spacial score (nSPS) is 11.8. The van der Waals surface area contributed by atoms with Gasteiger partial charge < -0.3 is 9.13 Å². The van der Waals surface area contributed by atoms with Crippen molar-refractivity contribution in [2.45, 2.75) is 31.7 Å². The SMILES string of the molecule is Cc1cc(C(=O)CSc2nnc(-c3ccccc3)n2C)c(C)n1CC(F)(F)F. The van der Waals surface area contributed by atoms with E-state index < -0.39 is 12.7 Å². The maximum absolute atomic E-state index is 12.7. The first-order valence-corrected chi connectivity index (χ1v) is 9.50. The number of halogens is 3. The Bertz CT molecular complexity index is 993. The molecule has 0 aliphatic heterocycles. The number of nitrogens with zero attached hydrogens (tertiary/aromatic N) is 4. The summed E-state index contributed by atoms with van der Waals surface area (Å²) in [5.41, 5.74) is 1.95. The van der Waals surface area contributed by atoms with Gasteiger partial charge in [0.15, 0.2) is 16.8 Å². The summed E-state index contributed by atoms with van der Waals surface area (Å²) in [6, 6.07) is 11.0. The molecule has 3 aromatic rings. The zero-order valence-electron chi connectivity index (χ0n) is 15.6. The highest BCUT2D eigenvalue weighted by atomic mass is 32.2. The molecule has 0 saturated carbocycles. The van der Waals surface area contributed by atoms with E-state index in [-0.39, 0.29) is 11.5 Å². The Morgan fingerprint density at radius 3 is 2.46 bits per heavy atom. The predicted octanol–water partition coefficient (Wildman–Crippen LogP) is 4.44. The number of thioether (sulfide) groups is 1. The summed E-state index contributed by atoms with van der Waals surface area (Å²) in [5.74, 6) is 0.506. The zero-order valence-corrected chi connectivity index (χ0v) is 16.4. The van der Waals surface area contributed by atoms with Crippen molar-refractivity contribution in [3.63, 3.8) is 0 Å². The fourth-order valence-corrected chi connectivity index (χ4v) is 3.79. The van der Waals surface area contributed by atoms with Gasteiger partial charge in [0.2, 0.25) is 0 Å². The van der Waals surface area contributed by atoms with Gasteiger partial charge >= 0.3 is 6.18 Å². The molecule has 0 radical (unpaired) electrons. The second-order valence-electron chi connectivity index (χ2n) is 6.43. The van der Waals surface area contributed by atoms with Crippen LogP contribution in [0.4, 0.5) is 13.2 Å². The second-order valence-corrected chi connectivity index (χ2v) is 7.37. The lowest BCUT2D eigenvalue weighted by molar-refractivity contribution is -0.141. The standard InChI is InChI=1S/C19H19F3N4OS/c1-12-9-15(13(2)26(12)11-19(20,21)22)16(27)10-28-18-24-23-17(25(18)3)14-7-5-4-6-8-14/h4-9H,10-11H2,1-3H3. The van der Waals surface area contributed by atoms with Crippen LogP contribution in [-0.4, -0.2) is 37.0 Å². The molecule has 28 heavy (non-hydrogen) atoms. The van der Waals surface area contributed by atoms with Crippen LogP contribution < -0.4 is 0 Å². The van der Waals surface area contributed by atoms with E-state index in [2.05, 4.69) is 10.2 Å². The van der Waals surface area contributed by atoms with Crippen molar-refractivity contribution in [3.05, 3.63) is 53.3 Å². The molecular formula is C19H19F3N4OS. The Morgan fingerprint density at radius 1 is 1.14 bits per heavy atom. The van der Waals surface area contributed by atoms with E-state index in [1.165, 1.54) is 24.8 Å². The molecule has 0 unspecified atom stereocenters. The third-order valence-corrected chi connectivity index (χ3v) is 5.43. The van der Waals surface area contributed by atoms with E-state index in [1.807, 2.05) is 37.4 Å². The number of aryl methyl sites for hydroxylation is 1. The topological polar surface area (TPSA) is 52.7 Å². The number of Topliss-reactive ketones (excluding diaryl/α,β-unsaturated/α-hetero) is 1. The lowest BCUT2D eigenvalue weighted by atomic mass is 10.2. The van der Waals surface area contributed by atoms with Crippen molar-refractivity contribution in [3.8, 4) is 11.4 Å². The Labute approximate surface area is 164 Å². The van der Waals surface area contributed by atoms with Crippen LogP contribution in [0.3, 0.4) is 0 Å². The average Bonchev–Trinajstić information content (AvgIpc) is 3.14. The molecule has 0 atom stereocenters. The van der Waals surface area contributed by atoms with E-state index in [0.29, 0.717) is 27.9 Å². The van der Waals surface area contributed by atoms with Gasteiger partial charge in [-0.2, -0.15) is 13.2 Å². The molecule has 0 aliphatic rings. The molecule has 5 nitrogen and oxygen atoms in total. The van der Waals surface area contributed by atoms with Gasteiger partial charge in [0, 0.05) is 29.6 Å². The van der Waals surface area contributed by atoms with E-state index >= 15 is 0 Å². The van der Waals surface area contributed by atoms with Gasteiger partial charge in [0.05, 0.1) is 5.75 Å². The van der Waals surface area contributed by atoms with Crippen molar-refractivity contribution in [2.75, 3.05) is 5.75 Å². The number of aromatic nitrogens is 4. The number of alkyl halides is 3. The molecule has 1 aromatic carbocycles. The highest BCUT2D eigenvalue weighted by Crippen LogP contribution is 2.26. The number of hydrogen-bond donors (Lipinski definition) is 0. The molecule has 2 aromatic heterocycles. The van der Waals surface area contributed by atoms with E-state index in [1.54, 1.807) is 11.5 Å². The summed E-state index contributed by atoms with van der Waals surface area (Å²) < 4.78 is 41.1. The van der Waals surface area contributed by atoms with Crippen LogP contribution in [0.25, 0.3) is 11.4 Å². The lowest BCUT2D eigenvalue weighted by Gasteiger charge is -2.12. The van der Waals surface area contributed by atoms with Crippen LogP contribution >= 0.6 is 11.8 Å². The van der Waals surface area contributed by atoms with Crippen LogP contribution in [0.1, 0.15) is 21.7 Å². The van der Waals surface area contributed by atoms with Crippen molar-refractivity contribution in [1.82, 2.24) is 19.3 Å². The number of hydrogen-bond acceptors (Lipinski definition) is 4. The molecule has 0 N–H and O–H groups in total. The molecule has 0 amide bonds. The highest BCUT2D eigenvalue weighted by Gasteiger charge is 2.30. The molecule has 9 heteroatoms. The van der Waals surface area contributed by atoms with E-state index in [9.17, 15) is 18.0 Å². The van der Waals surface area contributed by atoms with Crippen LogP contribution in [0.15, 0.2) is 41.6 Å². The number of benzene rings is 1. The van der Waals surface area contributed by atoms with Gasteiger partial charge in [0.1, 0.15) is 6.54 Å². The van der Waals surface area contributed by atoms with Gasteiger partial charge in [-0.1, -0.05) is 42.1 Å². The van der Waals surface area contributed by atoms with Gasteiger partial charge in [-0.15, -0.1) is 10.2 Å². The maximum Gasteiger partial charge on any atom is 0.406 e. The van der Waals surface area contributed by atoms with Crippen LogP contribution in [0.2, 0.25) is 0 Å². The van der Waals surface area contributed by atoms with Crippen molar-refractivity contribution in [1.29, 1.82) is 0 Å². The summed E-state index contributed by atoms with van der Waals surface area (Å²) in [5, 5.41) is 8.85. The number of carbonyl (C=O) groups excluding carboxylic acids is 1. The minimum atomic E-state index is -4.34. The molecule has 3 rings (SSSR count). The van der Waals surface area contributed by atoms with Crippen LogP contribution in [-0.2, 0) is 13.6 Å². The first kappa shape index (κ1) is 20.2. The zero-order chi connectivity index (χ0) is 20.5. The minimum absolute atomic E-state index is 0.0665. The maximum atomic E-state index is 12.7. The highest BCUT2D eigenvalue weighted by molar-refractivity contribution is 7.99. The van der Waals surface area contributed by atoms with Gasteiger partial charge in [-0.25, -0.2) is 0 Å². The quantitative estimate of drug-likeness (QED) is 0.447. The third-order valence-electron chi connectivity index (χ3n) is 4.41. The molecule has 148 valence electrons. The molecule has 0 saturated heterocycles. The monoisotopic (exact) mass is 408 g/mol. The summed E-state index contributed by atoms with van der Waals surface area (Å²) in [6.45, 7) is 2.00. The predicted molar refractivity (Wildman–Crippen MR) is 101 cm³/mol. The first-order chi connectivity index (χ1) is 13.2. The second kappa shape index (κ2) is 7.83. The van der Waals surface area contributed by atoms with Crippen molar-refractivity contribution in [2.24, 2.45) is 7.05 Å². The minimum Gasteiger partial charge on any atom is -0.339 e. The van der Waals surface area contributed by atoms with E-state index in [4.69, 9.17) is 0 Å². The van der Waals surface area contributed by atoms with Crippen molar-refractivity contribution >= 4 is 17.5 Å². The Hall–Kier alpha value is -2.55. The smallest absolute Gasteiger partial charge is 0.339 e. The van der Waals surface area contributed by atoms with Gasteiger partial charge in [0.25, 0.3) is 0 Å². The summed E-state index contributed by atoms with van der Waals surface area (Å²) in [7, 11) is 1.81. The van der Waals surface area contributed by atoms with Gasteiger partial charge in [-0.05, 0) is 19.9 Å². The number of ketones is 1. The summed E-state index contributed by atoms with van der Waals surface area (Å²) in [6.07, 6.45) is -4.34. The Morgan fingerprint density at radius 2 is 1.82 bits per heavy atom. The molecule has 2 heterocycles. The number of rotatable bonds is 6. The summed E-state index contributed by atoms with van der Waals surface area (Å²) in [4.78, 5) is 12.6. The molecule has 0 bridgehead atoms. The Balaban J connectivity index is 1.74. The molecule has 0 aliphatic carbocycles. The fourth-order valence-electron chi connectivity index (χ4n) is 2.99. The fraction of sp³-hybridized carbons (Fsp3) is 0.316. The molecule has 0 fully saturated rings. The summed E-state index contributed by atoms with van der Waals surface area (Å²) >= 11 is 1.21. The molecule has 0 spiro atoms. The first-order valence-electron chi connectivity index (χ1n) is 8.51. The molecular weight excluding hydrogens is 389 g/mol. The van der Waals surface area contributed by atoms with Crippen molar-refractivity contribution < 1.29 is 18.0 Å². The third kappa shape index (κ3) is 4.30.